The monoisotopic (exact) mass is 191 g/mol. The molecule has 4 nitrogen and oxygen atoms in total. The standard InChI is InChI=1S/C10H13N3O/c1-3-5-6-14-10-8-11-7-9(13-10)12-4-2/h1,7-8H,4-6H2,2H3,(H,12,13). The highest BCUT2D eigenvalue weighted by Crippen LogP contribution is 2.08. The fourth-order valence-electron chi connectivity index (χ4n) is 0.898. The molecule has 0 fully saturated rings. The second kappa shape index (κ2) is 5.81. The zero-order valence-electron chi connectivity index (χ0n) is 8.16. The smallest absolute Gasteiger partial charge is 0.234 e. The van der Waals surface area contributed by atoms with Gasteiger partial charge in [-0.2, -0.15) is 4.98 Å². The third-order valence-electron chi connectivity index (χ3n) is 1.47. The Morgan fingerprint density at radius 3 is 3.14 bits per heavy atom. The van der Waals surface area contributed by atoms with E-state index in [1.165, 1.54) is 0 Å². The average molecular weight is 191 g/mol. The first kappa shape index (κ1) is 10.3. The maximum atomic E-state index is 5.28. The van der Waals surface area contributed by atoms with Crippen LogP contribution in [0.3, 0.4) is 0 Å². The van der Waals surface area contributed by atoms with Crippen LogP contribution in [0, 0.1) is 12.3 Å². The van der Waals surface area contributed by atoms with Gasteiger partial charge in [-0.15, -0.1) is 12.3 Å². The van der Waals surface area contributed by atoms with Crippen LogP contribution in [-0.2, 0) is 0 Å². The van der Waals surface area contributed by atoms with Crippen molar-refractivity contribution in [3.05, 3.63) is 12.4 Å². The molecule has 0 amide bonds. The molecule has 1 aromatic rings. The van der Waals surface area contributed by atoms with Crippen LogP contribution in [0.25, 0.3) is 0 Å². The number of anilines is 1. The highest BCUT2D eigenvalue weighted by atomic mass is 16.5. The lowest BCUT2D eigenvalue weighted by molar-refractivity contribution is 0.313. The minimum absolute atomic E-state index is 0.473. The van der Waals surface area contributed by atoms with Crippen LogP contribution in [-0.4, -0.2) is 23.1 Å². The zero-order valence-corrected chi connectivity index (χ0v) is 8.16. The summed E-state index contributed by atoms with van der Waals surface area (Å²) in [4.78, 5) is 8.15. The van der Waals surface area contributed by atoms with Crippen molar-refractivity contribution < 1.29 is 4.74 Å². The molecule has 0 aliphatic carbocycles. The molecule has 0 aliphatic rings. The molecule has 0 aromatic carbocycles. The molecule has 0 atom stereocenters. The quantitative estimate of drug-likeness (QED) is 0.563. The Labute approximate surface area is 83.7 Å². The molecular formula is C10H13N3O. The topological polar surface area (TPSA) is 47.0 Å². The van der Waals surface area contributed by atoms with Gasteiger partial charge in [-0.3, -0.25) is 4.98 Å². The molecule has 0 spiro atoms. The van der Waals surface area contributed by atoms with Crippen LogP contribution in [0.15, 0.2) is 12.4 Å². The minimum atomic E-state index is 0.473. The molecular weight excluding hydrogens is 178 g/mol. The molecule has 1 rings (SSSR count). The normalized spacial score (nSPS) is 9.14. The first-order chi connectivity index (χ1) is 6.86. The van der Waals surface area contributed by atoms with Gasteiger partial charge in [0.1, 0.15) is 12.4 Å². The second-order valence-electron chi connectivity index (χ2n) is 2.58. The molecule has 0 aliphatic heterocycles. The Bertz CT molecular complexity index is 319. The van der Waals surface area contributed by atoms with Gasteiger partial charge in [0, 0.05) is 13.0 Å². The van der Waals surface area contributed by atoms with Crippen LogP contribution in [0.2, 0.25) is 0 Å². The molecule has 4 heteroatoms. The molecule has 0 saturated carbocycles. The number of terminal acetylenes is 1. The van der Waals surface area contributed by atoms with Gasteiger partial charge in [0.25, 0.3) is 0 Å². The molecule has 0 saturated heterocycles. The molecule has 74 valence electrons. The number of ether oxygens (including phenoxy) is 1. The minimum Gasteiger partial charge on any atom is -0.476 e. The molecule has 0 bridgehead atoms. The maximum absolute atomic E-state index is 5.28. The highest BCUT2D eigenvalue weighted by Gasteiger charge is 1.97. The third kappa shape index (κ3) is 3.31. The number of nitrogens with zero attached hydrogens (tertiary/aromatic N) is 2. The van der Waals surface area contributed by atoms with Crippen molar-refractivity contribution in [3.63, 3.8) is 0 Å². The number of rotatable bonds is 5. The van der Waals surface area contributed by atoms with E-state index in [0.29, 0.717) is 24.7 Å². The van der Waals surface area contributed by atoms with E-state index in [4.69, 9.17) is 11.2 Å². The second-order valence-corrected chi connectivity index (χ2v) is 2.58. The van der Waals surface area contributed by atoms with E-state index in [1.807, 2.05) is 6.92 Å². The van der Waals surface area contributed by atoms with Crippen molar-refractivity contribution >= 4 is 5.82 Å². The van der Waals surface area contributed by atoms with Gasteiger partial charge in [-0.05, 0) is 6.92 Å². The van der Waals surface area contributed by atoms with E-state index in [-0.39, 0.29) is 0 Å². The fraction of sp³-hybridized carbons (Fsp3) is 0.400. The van der Waals surface area contributed by atoms with E-state index in [1.54, 1.807) is 12.4 Å². The van der Waals surface area contributed by atoms with Crippen LogP contribution >= 0.6 is 0 Å². The summed E-state index contributed by atoms with van der Waals surface area (Å²) >= 11 is 0. The summed E-state index contributed by atoms with van der Waals surface area (Å²) in [5.41, 5.74) is 0. The largest absolute Gasteiger partial charge is 0.476 e. The molecule has 1 aromatic heterocycles. The SMILES string of the molecule is C#CCCOc1cncc(NCC)n1. The third-order valence-corrected chi connectivity index (χ3v) is 1.47. The summed E-state index contributed by atoms with van der Waals surface area (Å²) in [6, 6.07) is 0. The Hall–Kier alpha value is -1.76. The van der Waals surface area contributed by atoms with Gasteiger partial charge in [0.2, 0.25) is 5.88 Å². The van der Waals surface area contributed by atoms with E-state index in [2.05, 4.69) is 21.2 Å². The van der Waals surface area contributed by atoms with Gasteiger partial charge in [-0.25, -0.2) is 0 Å². The highest BCUT2D eigenvalue weighted by molar-refractivity contribution is 5.32. The van der Waals surface area contributed by atoms with Crippen molar-refractivity contribution in [2.75, 3.05) is 18.5 Å². The predicted molar refractivity (Wildman–Crippen MR) is 55.1 cm³/mol. The molecule has 1 N–H and O–H groups in total. The van der Waals surface area contributed by atoms with E-state index >= 15 is 0 Å². The Morgan fingerprint density at radius 2 is 2.43 bits per heavy atom. The number of hydrogen-bond donors (Lipinski definition) is 1. The lowest BCUT2D eigenvalue weighted by atomic mass is 10.5. The zero-order chi connectivity index (χ0) is 10.2. The van der Waals surface area contributed by atoms with Crippen molar-refractivity contribution in [1.82, 2.24) is 9.97 Å². The average Bonchev–Trinajstić information content (AvgIpc) is 2.19. The van der Waals surface area contributed by atoms with Crippen LogP contribution in [0.1, 0.15) is 13.3 Å². The Morgan fingerprint density at radius 1 is 1.57 bits per heavy atom. The molecule has 0 unspecified atom stereocenters. The predicted octanol–water partition coefficient (Wildman–Crippen LogP) is 1.31. The van der Waals surface area contributed by atoms with Gasteiger partial charge in [0.05, 0.1) is 12.4 Å². The van der Waals surface area contributed by atoms with Gasteiger partial charge in [0.15, 0.2) is 0 Å². The fourth-order valence-corrected chi connectivity index (χ4v) is 0.898. The summed E-state index contributed by atoms with van der Waals surface area (Å²) in [6.07, 6.45) is 8.89. The van der Waals surface area contributed by atoms with Gasteiger partial charge in [-0.1, -0.05) is 0 Å². The van der Waals surface area contributed by atoms with Crippen LogP contribution < -0.4 is 10.1 Å². The molecule has 1 heterocycles. The van der Waals surface area contributed by atoms with Crippen molar-refractivity contribution in [1.29, 1.82) is 0 Å². The lowest BCUT2D eigenvalue weighted by Crippen LogP contribution is -2.03. The van der Waals surface area contributed by atoms with Crippen LogP contribution in [0.4, 0.5) is 5.82 Å². The van der Waals surface area contributed by atoms with Crippen molar-refractivity contribution in [3.8, 4) is 18.2 Å². The summed E-state index contributed by atoms with van der Waals surface area (Å²) in [7, 11) is 0. The van der Waals surface area contributed by atoms with E-state index < -0.39 is 0 Å². The number of nitrogens with one attached hydrogen (secondary N) is 1. The van der Waals surface area contributed by atoms with E-state index in [9.17, 15) is 0 Å². The maximum Gasteiger partial charge on any atom is 0.234 e. The van der Waals surface area contributed by atoms with Gasteiger partial charge < -0.3 is 10.1 Å². The first-order valence-corrected chi connectivity index (χ1v) is 4.49. The Kier molecular flexibility index (Phi) is 4.29. The van der Waals surface area contributed by atoms with Gasteiger partial charge >= 0.3 is 0 Å². The van der Waals surface area contributed by atoms with Crippen LogP contribution in [0.5, 0.6) is 5.88 Å². The summed E-state index contributed by atoms with van der Waals surface area (Å²) in [5, 5.41) is 3.04. The van der Waals surface area contributed by atoms with Crippen molar-refractivity contribution in [2.45, 2.75) is 13.3 Å². The molecule has 14 heavy (non-hydrogen) atoms. The van der Waals surface area contributed by atoms with E-state index in [0.717, 1.165) is 6.54 Å². The lowest BCUT2D eigenvalue weighted by Gasteiger charge is -2.05. The summed E-state index contributed by atoms with van der Waals surface area (Å²) in [5.74, 6) is 3.70. The van der Waals surface area contributed by atoms with Crippen molar-refractivity contribution in [2.24, 2.45) is 0 Å². The number of aromatic nitrogens is 2. The molecule has 0 radical (unpaired) electrons. The number of hydrogen-bond acceptors (Lipinski definition) is 4. The summed E-state index contributed by atoms with van der Waals surface area (Å²) in [6.45, 7) is 3.27. The Balaban J connectivity index is 2.51. The summed E-state index contributed by atoms with van der Waals surface area (Å²) < 4.78 is 5.28. The first-order valence-electron chi connectivity index (χ1n) is 4.49.